The predicted molar refractivity (Wildman–Crippen MR) is 56.8 cm³/mol. The first kappa shape index (κ1) is 11.5. The van der Waals surface area contributed by atoms with Crippen LogP contribution in [-0.2, 0) is 21.2 Å². The van der Waals surface area contributed by atoms with E-state index in [4.69, 9.17) is 4.89 Å². The van der Waals surface area contributed by atoms with E-state index in [9.17, 15) is 4.79 Å². The standard InChI is InChI=1S/C12H14O3/c1-3-10(2)12(13)15-14-9-11-7-5-4-6-8-11/h3-8H,9H2,1-2H3. The number of rotatable bonds is 4. The average Bonchev–Trinajstić information content (AvgIpc) is 2.29. The molecule has 3 heteroatoms. The first-order valence-corrected chi connectivity index (χ1v) is 4.74. The van der Waals surface area contributed by atoms with Crippen LogP contribution >= 0.6 is 0 Å². The second-order valence-electron chi connectivity index (χ2n) is 3.09. The molecule has 0 unspecified atom stereocenters. The van der Waals surface area contributed by atoms with Gasteiger partial charge in [-0.15, -0.1) is 0 Å². The second-order valence-corrected chi connectivity index (χ2v) is 3.09. The highest BCUT2D eigenvalue weighted by atomic mass is 17.2. The van der Waals surface area contributed by atoms with E-state index >= 15 is 0 Å². The summed E-state index contributed by atoms with van der Waals surface area (Å²) in [5.74, 6) is -0.451. The van der Waals surface area contributed by atoms with Gasteiger partial charge in [0.25, 0.3) is 0 Å². The van der Waals surface area contributed by atoms with Gasteiger partial charge in [-0.05, 0) is 19.4 Å². The van der Waals surface area contributed by atoms with Crippen LogP contribution < -0.4 is 0 Å². The zero-order valence-corrected chi connectivity index (χ0v) is 8.90. The van der Waals surface area contributed by atoms with E-state index in [0.29, 0.717) is 5.57 Å². The Labute approximate surface area is 89.2 Å². The molecule has 0 aliphatic rings. The summed E-state index contributed by atoms with van der Waals surface area (Å²) >= 11 is 0. The molecule has 0 saturated heterocycles. The molecule has 15 heavy (non-hydrogen) atoms. The molecule has 0 saturated carbocycles. The highest BCUT2D eigenvalue weighted by Crippen LogP contribution is 2.02. The Kier molecular flexibility index (Phi) is 4.57. The molecule has 0 amide bonds. The van der Waals surface area contributed by atoms with E-state index < -0.39 is 5.97 Å². The quantitative estimate of drug-likeness (QED) is 0.431. The molecule has 0 atom stereocenters. The van der Waals surface area contributed by atoms with Gasteiger partial charge in [0.1, 0.15) is 6.61 Å². The predicted octanol–water partition coefficient (Wildman–Crippen LogP) is 2.63. The lowest BCUT2D eigenvalue weighted by atomic mass is 10.2. The number of hydrogen-bond acceptors (Lipinski definition) is 3. The topological polar surface area (TPSA) is 35.5 Å². The first-order chi connectivity index (χ1) is 7.24. The molecule has 0 fully saturated rings. The highest BCUT2D eigenvalue weighted by Gasteiger charge is 2.05. The molecule has 0 bridgehead atoms. The minimum Gasteiger partial charge on any atom is -0.293 e. The first-order valence-electron chi connectivity index (χ1n) is 4.74. The van der Waals surface area contributed by atoms with E-state index in [0.717, 1.165) is 5.56 Å². The summed E-state index contributed by atoms with van der Waals surface area (Å²) in [4.78, 5) is 20.6. The number of hydrogen-bond donors (Lipinski definition) is 0. The Hall–Kier alpha value is -1.61. The van der Waals surface area contributed by atoms with E-state index in [-0.39, 0.29) is 6.61 Å². The molecular weight excluding hydrogens is 192 g/mol. The third-order valence-electron chi connectivity index (χ3n) is 1.96. The molecular formula is C12H14O3. The van der Waals surface area contributed by atoms with Crippen molar-refractivity contribution in [1.82, 2.24) is 0 Å². The Morgan fingerprint density at radius 2 is 2.00 bits per heavy atom. The van der Waals surface area contributed by atoms with Crippen LogP contribution in [0.3, 0.4) is 0 Å². The van der Waals surface area contributed by atoms with E-state index in [1.165, 1.54) is 0 Å². The van der Waals surface area contributed by atoms with Gasteiger partial charge >= 0.3 is 5.97 Å². The van der Waals surface area contributed by atoms with Gasteiger partial charge in [0.2, 0.25) is 0 Å². The lowest BCUT2D eigenvalue weighted by molar-refractivity contribution is -0.276. The molecule has 0 N–H and O–H groups in total. The third kappa shape index (κ3) is 3.95. The summed E-state index contributed by atoms with van der Waals surface area (Å²) in [5.41, 5.74) is 1.49. The zero-order chi connectivity index (χ0) is 11.1. The molecule has 0 radical (unpaired) electrons. The van der Waals surface area contributed by atoms with Crippen molar-refractivity contribution in [3.8, 4) is 0 Å². The van der Waals surface area contributed by atoms with E-state index in [1.54, 1.807) is 19.9 Å². The normalized spacial score (nSPS) is 11.2. The van der Waals surface area contributed by atoms with Crippen molar-refractivity contribution in [2.24, 2.45) is 0 Å². The Morgan fingerprint density at radius 1 is 1.33 bits per heavy atom. The maximum atomic E-state index is 11.1. The van der Waals surface area contributed by atoms with Crippen molar-refractivity contribution in [1.29, 1.82) is 0 Å². The lowest BCUT2D eigenvalue weighted by Gasteiger charge is -2.03. The largest absolute Gasteiger partial charge is 0.368 e. The van der Waals surface area contributed by atoms with Gasteiger partial charge in [-0.1, -0.05) is 36.4 Å². The zero-order valence-electron chi connectivity index (χ0n) is 8.90. The number of benzene rings is 1. The second kappa shape index (κ2) is 5.98. The van der Waals surface area contributed by atoms with Gasteiger partial charge in [0, 0.05) is 5.57 Å². The molecule has 1 rings (SSSR count). The van der Waals surface area contributed by atoms with Gasteiger partial charge in [0.15, 0.2) is 0 Å². The van der Waals surface area contributed by atoms with Gasteiger partial charge in [-0.25, -0.2) is 4.79 Å². The number of carbonyl (C=O) groups is 1. The van der Waals surface area contributed by atoms with Gasteiger partial charge < -0.3 is 0 Å². The lowest BCUT2D eigenvalue weighted by Crippen LogP contribution is -2.06. The molecule has 0 heterocycles. The Balaban J connectivity index is 2.31. The average molecular weight is 206 g/mol. The summed E-state index contributed by atoms with van der Waals surface area (Å²) in [6.07, 6.45) is 1.67. The van der Waals surface area contributed by atoms with Crippen LogP contribution in [0, 0.1) is 0 Å². The van der Waals surface area contributed by atoms with Gasteiger partial charge in [-0.2, -0.15) is 4.89 Å². The van der Waals surface area contributed by atoms with Crippen molar-refractivity contribution in [3.63, 3.8) is 0 Å². The van der Waals surface area contributed by atoms with Crippen molar-refractivity contribution < 1.29 is 14.6 Å². The minimum absolute atomic E-state index is 0.267. The molecule has 1 aromatic carbocycles. The highest BCUT2D eigenvalue weighted by molar-refractivity contribution is 5.87. The molecule has 0 aliphatic carbocycles. The molecule has 3 nitrogen and oxygen atoms in total. The van der Waals surface area contributed by atoms with Gasteiger partial charge in [0.05, 0.1) is 0 Å². The van der Waals surface area contributed by atoms with Gasteiger partial charge in [-0.3, -0.25) is 4.89 Å². The molecule has 1 aromatic rings. The van der Waals surface area contributed by atoms with Crippen LogP contribution in [0.15, 0.2) is 42.0 Å². The van der Waals surface area contributed by atoms with E-state index in [2.05, 4.69) is 4.89 Å². The van der Waals surface area contributed by atoms with Crippen molar-refractivity contribution in [2.75, 3.05) is 0 Å². The van der Waals surface area contributed by atoms with Crippen LogP contribution in [0.2, 0.25) is 0 Å². The summed E-state index contributed by atoms with van der Waals surface area (Å²) in [6.45, 7) is 3.71. The summed E-state index contributed by atoms with van der Waals surface area (Å²) in [7, 11) is 0. The van der Waals surface area contributed by atoms with Crippen LogP contribution in [0.1, 0.15) is 19.4 Å². The molecule has 0 spiro atoms. The molecule has 80 valence electrons. The maximum Gasteiger partial charge on any atom is 0.368 e. The molecule has 0 aliphatic heterocycles. The van der Waals surface area contributed by atoms with Crippen LogP contribution in [0.25, 0.3) is 0 Å². The fraction of sp³-hybridized carbons (Fsp3) is 0.250. The Bertz CT molecular complexity index is 341. The van der Waals surface area contributed by atoms with E-state index in [1.807, 2.05) is 30.3 Å². The van der Waals surface area contributed by atoms with Crippen molar-refractivity contribution in [3.05, 3.63) is 47.5 Å². The smallest absolute Gasteiger partial charge is 0.293 e. The number of allylic oxidation sites excluding steroid dienone is 1. The monoisotopic (exact) mass is 206 g/mol. The van der Waals surface area contributed by atoms with Crippen LogP contribution in [-0.4, -0.2) is 5.97 Å². The fourth-order valence-corrected chi connectivity index (χ4v) is 0.909. The summed E-state index contributed by atoms with van der Waals surface area (Å²) < 4.78 is 0. The summed E-state index contributed by atoms with van der Waals surface area (Å²) in [5, 5.41) is 0. The molecule has 0 aromatic heterocycles. The summed E-state index contributed by atoms with van der Waals surface area (Å²) in [6, 6.07) is 9.52. The van der Waals surface area contributed by atoms with Crippen molar-refractivity contribution >= 4 is 5.97 Å². The third-order valence-corrected chi connectivity index (χ3v) is 1.96. The maximum absolute atomic E-state index is 11.1. The number of carbonyl (C=O) groups excluding carboxylic acids is 1. The minimum atomic E-state index is -0.451. The fourth-order valence-electron chi connectivity index (χ4n) is 0.909. The van der Waals surface area contributed by atoms with Crippen molar-refractivity contribution in [2.45, 2.75) is 20.5 Å². The Morgan fingerprint density at radius 3 is 2.60 bits per heavy atom. The van der Waals surface area contributed by atoms with Crippen LogP contribution in [0.4, 0.5) is 0 Å². The SMILES string of the molecule is CC=C(C)C(=O)OOCc1ccccc1. The van der Waals surface area contributed by atoms with Crippen LogP contribution in [0.5, 0.6) is 0 Å².